The summed E-state index contributed by atoms with van der Waals surface area (Å²) in [4.78, 5) is 56.7. The van der Waals surface area contributed by atoms with Gasteiger partial charge in [0.2, 0.25) is 11.8 Å². The molecule has 2 atom stereocenters. The lowest BCUT2D eigenvalue weighted by Gasteiger charge is -2.15. The number of carbonyl (C=O) groups is 2. The fourth-order valence-corrected chi connectivity index (χ4v) is 10.6. The first-order chi connectivity index (χ1) is 35.3. The molecule has 0 unspecified atom stereocenters. The molecule has 7 heterocycles. The minimum absolute atomic E-state index is 0.0770. The number of hydrogen-bond acceptors (Lipinski definition) is 14. The number of ether oxygens (including phenoxy) is 4. The lowest BCUT2D eigenvalue weighted by atomic mass is 9.99. The number of imidazole rings is 1. The minimum Gasteiger partial charge on any atom is -0.496 e. The first-order valence-corrected chi connectivity index (χ1v) is 25.2. The number of fused-ring (bicyclic) bond motifs is 6. The molecule has 20 heteroatoms. The van der Waals surface area contributed by atoms with Crippen LogP contribution in [-0.4, -0.2) is 111 Å². The minimum atomic E-state index is -0.569. The van der Waals surface area contributed by atoms with E-state index in [1.807, 2.05) is 86.9 Å². The van der Waals surface area contributed by atoms with Gasteiger partial charge in [0.1, 0.15) is 34.9 Å². The molecule has 0 spiro atoms. The third-order valence-electron chi connectivity index (χ3n) is 13.0. The van der Waals surface area contributed by atoms with Crippen LogP contribution in [0.25, 0.3) is 38.1 Å². The summed E-state index contributed by atoms with van der Waals surface area (Å²) in [6.07, 6.45) is 5.11. The van der Waals surface area contributed by atoms with E-state index < -0.39 is 12.1 Å². The maximum absolute atomic E-state index is 14.4. The van der Waals surface area contributed by atoms with E-state index in [-0.39, 0.29) is 43.6 Å². The van der Waals surface area contributed by atoms with Gasteiger partial charge in [-0.2, -0.15) is 0 Å². The Kier molecular flexibility index (Phi) is 15.6. The van der Waals surface area contributed by atoms with Crippen molar-refractivity contribution in [1.82, 2.24) is 44.5 Å². The number of thiophene rings is 1. The second kappa shape index (κ2) is 22.4. The number of amides is 2. The highest BCUT2D eigenvalue weighted by atomic mass is 35.5. The number of methoxy groups -OCH3 is 1. The third-order valence-corrected chi connectivity index (χ3v) is 14.4. The van der Waals surface area contributed by atoms with E-state index in [0.29, 0.717) is 83.8 Å². The van der Waals surface area contributed by atoms with E-state index in [1.54, 1.807) is 41.7 Å². The molecule has 1 aliphatic heterocycles. The number of halogens is 1. The summed E-state index contributed by atoms with van der Waals surface area (Å²) in [5.41, 5.74) is 8.59. The smallest absolute Gasteiger partial charge is 0.330 e. The van der Waals surface area contributed by atoms with Gasteiger partial charge < -0.3 is 34.0 Å². The number of aryl methyl sites for hydroxylation is 4. The molecule has 0 saturated carbocycles. The van der Waals surface area contributed by atoms with Crippen molar-refractivity contribution < 1.29 is 33.0 Å². The number of aliphatic imine (C=N–C) groups is 1. The number of benzene rings is 2. The maximum atomic E-state index is 14.4. The van der Waals surface area contributed by atoms with Gasteiger partial charge in [-0.3, -0.25) is 38.3 Å². The zero-order valence-corrected chi connectivity index (χ0v) is 43.4. The molecule has 0 bridgehead atoms. The monoisotopic (exact) mass is 1030 g/mol. The predicted octanol–water partition coefficient (Wildman–Crippen LogP) is 7.73. The average Bonchev–Trinajstić information content (AvgIpc) is 4.08. The summed E-state index contributed by atoms with van der Waals surface area (Å²) in [7, 11) is 1.60. The number of rotatable bonds is 21. The van der Waals surface area contributed by atoms with Crippen LogP contribution in [0, 0.1) is 34.6 Å². The van der Waals surface area contributed by atoms with Gasteiger partial charge in [-0.25, -0.2) is 4.79 Å². The first-order valence-electron chi connectivity index (χ1n) is 24.0. The van der Waals surface area contributed by atoms with E-state index in [1.165, 1.54) is 9.44 Å². The van der Waals surface area contributed by atoms with E-state index in [9.17, 15) is 14.4 Å². The number of nitrogens with zero attached hydrogens (tertiary/aromatic N) is 8. The van der Waals surface area contributed by atoms with Crippen LogP contribution in [0.5, 0.6) is 5.75 Å². The molecular formula is C53H57ClN10O8S. The zero-order valence-electron chi connectivity index (χ0n) is 41.8. The van der Waals surface area contributed by atoms with Crippen LogP contribution in [-0.2, 0) is 30.3 Å². The van der Waals surface area contributed by atoms with Crippen LogP contribution in [0.15, 0.2) is 87.5 Å². The van der Waals surface area contributed by atoms with Crippen molar-refractivity contribution >= 4 is 62.4 Å². The van der Waals surface area contributed by atoms with Crippen LogP contribution in [0.3, 0.4) is 0 Å². The Morgan fingerprint density at radius 1 is 0.877 bits per heavy atom. The average molecular weight is 1030 g/mol. The number of aromatic nitrogens is 7. The molecule has 2 amide bonds. The van der Waals surface area contributed by atoms with Crippen LogP contribution in [0.4, 0.5) is 0 Å². The zero-order chi connectivity index (χ0) is 51.3. The Morgan fingerprint density at radius 3 is 2.26 bits per heavy atom. The first kappa shape index (κ1) is 50.9. The van der Waals surface area contributed by atoms with Crippen LogP contribution >= 0.6 is 22.9 Å². The van der Waals surface area contributed by atoms with E-state index in [4.69, 9.17) is 44.9 Å². The molecule has 2 aromatic carbocycles. The molecule has 0 aliphatic carbocycles. The van der Waals surface area contributed by atoms with Crippen molar-refractivity contribution in [3.05, 3.63) is 139 Å². The number of pyridine rings is 2. The summed E-state index contributed by atoms with van der Waals surface area (Å²) in [6.45, 7) is 14.0. The molecule has 18 nitrogen and oxygen atoms in total. The number of carbonyl (C=O) groups excluding carboxylic acids is 2. The van der Waals surface area contributed by atoms with Gasteiger partial charge in [0.15, 0.2) is 5.82 Å². The Hall–Kier alpha value is -7.03. The van der Waals surface area contributed by atoms with Gasteiger partial charge in [0.25, 0.3) is 0 Å². The quantitative estimate of drug-likeness (QED) is 0.0664. The van der Waals surface area contributed by atoms with Crippen LogP contribution < -0.4 is 21.1 Å². The fraction of sp³-hybridized carbons (Fsp3) is 0.358. The SMILES string of the molecule is COc1cc2c(cc1-c1c(C)coc1C)ncc1c2n([C@H](C)c2ccccn2)c(=O)n1CC(=O)NCCOCCOCCOCCNC(=O)C[C@@H]1N=C(c2ccc(Cl)cc2)c2c(sc(C)c2C)-n2c(C)nnc21. The van der Waals surface area contributed by atoms with E-state index in [0.717, 1.165) is 55.7 Å². The van der Waals surface area contributed by atoms with Crippen molar-refractivity contribution in [3.63, 3.8) is 0 Å². The second-order valence-corrected chi connectivity index (χ2v) is 19.4. The Bertz CT molecular complexity index is 3380. The summed E-state index contributed by atoms with van der Waals surface area (Å²) in [6, 6.07) is 15.9. The van der Waals surface area contributed by atoms with Crippen molar-refractivity contribution in [2.75, 3.05) is 59.8 Å². The highest BCUT2D eigenvalue weighted by molar-refractivity contribution is 7.15. The summed E-state index contributed by atoms with van der Waals surface area (Å²) in [5, 5.41) is 17.0. The number of hydrogen-bond donors (Lipinski definition) is 2. The molecule has 6 aromatic heterocycles. The van der Waals surface area contributed by atoms with Crippen molar-refractivity contribution in [2.45, 2.75) is 66.6 Å². The number of furan rings is 1. The van der Waals surface area contributed by atoms with Gasteiger partial charge in [0, 0.05) is 56.8 Å². The summed E-state index contributed by atoms with van der Waals surface area (Å²) in [5.74, 6) is 2.14. The topological polar surface area (TPSA) is 204 Å². The lowest BCUT2D eigenvalue weighted by molar-refractivity contribution is -0.122. The predicted molar refractivity (Wildman–Crippen MR) is 280 cm³/mol. The molecule has 2 N–H and O–H groups in total. The third kappa shape index (κ3) is 10.6. The molecule has 73 heavy (non-hydrogen) atoms. The largest absolute Gasteiger partial charge is 0.496 e. The van der Waals surface area contributed by atoms with Gasteiger partial charge in [-0.1, -0.05) is 29.8 Å². The van der Waals surface area contributed by atoms with Crippen molar-refractivity contribution in [1.29, 1.82) is 0 Å². The van der Waals surface area contributed by atoms with E-state index in [2.05, 4.69) is 39.7 Å². The maximum Gasteiger partial charge on any atom is 0.330 e. The standard InChI is InChI=1S/C53H57ClN10O8S/c1-30-29-72-33(4)47(30)39-24-41-38(25-44(39)68-7)50-43(27-58-41)62(53(67)63(50)32(3)40-10-8-9-15-55-40)28-46(66)57-17-19-70-21-23-71-22-20-69-18-16-56-45(65)26-42-51-61-60-35(6)64(51)52-48(31(2)34(5)73-52)49(59-42)36-11-13-37(54)14-12-36/h8-15,24-25,27,29,32,42H,16-23,26,28H2,1-7H3,(H,56,65)(H,57,66)/t32-,42+/m1/s1. The highest BCUT2D eigenvalue weighted by Gasteiger charge is 2.33. The van der Waals surface area contributed by atoms with Gasteiger partial charge in [-0.15, -0.1) is 21.5 Å². The molecular weight excluding hydrogens is 972 g/mol. The molecule has 8 aromatic rings. The summed E-state index contributed by atoms with van der Waals surface area (Å²) < 4.78 is 33.8. The Morgan fingerprint density at radius 2 is 1.59 bits per heavy atom. The Balaban J connectivity index is 0.726. The van der Waals surface area contributed by atoms with E-state index >= 15 is 0 Å². The van der Waals surface area contributed by atoms with Gasteiger partial charge >= 0.3 is 5.69 Å². The lowest BCUT2D eigenvalue weighted by Crippen LogP contribution is -2.35. The summed E-state index contributed by atoms with van der Waals surface area (Å²) >= 11 is 7.90. The second-order valence-electron chi connectivity index (χ2n) is 17.7. The van der Waals surface area contributed by atoms with Crippen molar-refractivity contribution in [3.8, 4) is 21.9 Å². The molecule has 0 radical (unpaired) electrons. The normalized spacial score (nSPS) is 13.7. The van der Waals surface area contributed by atoms with Gasteiger partial charge in [0.05, 0.1) is 99.6 Å². The number of nitrogens with one attached hydrogen (secondary N) is 2. The highest BCUT2D eigenvalue weighted by Crippen LogP contribution is 2.41. The van der Waals surface area contributed by atoms with Crippen LogP contribution in [0.1, 0.15) is 75.7 Å². The molecule has 1 aliphatic rings. The molecule has 0 fully saturated rings. The van der Waals surface area contributed by atoms with Crippen molar-refractivity contribution in [2.24, 2.45) is 4.99 Å². The molecule has 0 saturated heterocycles. The van der Waals surface area contributed by atoms with Gasteiger partial charge in [-0.05, 0) is 89.1 Å². The fourth-order valence-electron chi connectivity index (χ4n) is 9.23. The van der Waals surface area contributed by atoms with Crippen LogP contribution in [0.2, 0.25) is 5.02 Å². The Labute approximate surface area is 430 Å². The molecule has 380 valence electrons. The molecule has 9 rings (SSSR count).